The van der Waals surface area contributed by atoms with E-state index in [2.05, 4.69) is 15.4 Å². The van der Waals surface area contributed by atoms with Crippen molar-refractivity contribution in [2.75, 3.05) is 11.9 Å². The molecule has 0 saturated carbocycles. The van der Waals surface area contributed by atoms with Gasteiger partial charge in [-0.1, -0.05) is 16.8 Å². The number of anilines is 1. The van der Waals surface area contributed by atoms with Gasteiger partial charge in [0.05, 0.1) is 22.6 Å². The second-order valence-corrected chi connectivity index (χ2v) is 5.62. The summed E-state index contributed by atoms with van der Waals surface area (Å²) in [4.78, 5) is 2.95. The molecule has 2 aromatic heterocycles. The Morgan fingerprint density at radius 2 is 2.32 bits per heavy atom. The van der Waals surface area contributed by atoms with Crippen molar-refractivity contribution in [3.05, 3.63) is 39.2 Å². The largest absolute Gasteiger partial charge is 0.409 e. The molecule has 8 heteroatoms. The number of thiophene rings is 1. The van der Waals surface area contributed by atoms with E-state index in [1.807, 2.05) is 24.1 Å². The highest BCUT2D eigenvalue weighted by Crippen LogP contribution is 2.24. The molecule has 0 aliphatic carbocycles. The van der Waals surface area contributed by atoms with E-state index >= 15 is 0 Å². The second kappa shape index (κ2) is 5.85. The fourth-order valence-electron chi connectivity index (χ4n) is 1.61. The van der Waals surface area contributed by atoms with Crippen LogP contribution in [0.2, 0.25) is 4.34 Å². The number of nitrogens with zero attached hydrogens (tertiary/aromatic N) is 4. The summed E-state index contributed by atoms with van der Waals surface area (Å²) in [5.74, 6) is 0.545. The maximum atomic E-state index is 8.77. The number of halogens is 1. The van der Waals surface area contributed by atoms with Crippen molar-refractivity contribution in [2.45, 2.75) is 6.54 Å². The Balaban J connectivity index is 2.26. The molecule has 0 atom stereocenters. The van der Waals surface area contributed by atoms with Crippen LogP contribution < -0.4 is 10.6 Å². The molecule has 0 spiro atoms. The number of oxime groups is 1. The van der Waals surface area contributed by atoms with E-state index in [-0.39, 0.29) is 5.84 Å². The minimum atomic E-state index is 0.000891. The molecule has 2 rings (SSSR count). The molecule has 0 bridgehead atoms. The average molecular weight is 298 g/mol. The lowest BCUT2D eigenvalue weighted by Gasteiger charge is -2.18. The number of aromatic nitrogens is 2. The first-order valence-corrected chi connectivity index (χ1v) is 6.56. The van der Waals surface area contributed by atoms with E-state index in [4.69, 9.17) is 22.5 Å². The molecule has 100 valence electrons. The van der Waals surface area contributed by atoms with Crippen molar-refractivity contribution < 1.29 is 5.21 Å². The zero-order valence-corrected chi connectivity index (χ0v) is 11.7. The summed E-state index contributed by atoms with van der Waals surface area (Å²) in [6.45, 7) is 0.613. The number of amidine groups is 1. The van der Waals surface area contributed by atoms with Gasteiger partial charge in [0.15, 0.2) is 11.7 Å². The van der Waals surface area contributed by atoms with Gasteiger partial charge in [0.1, 0.15) is 0 Å². The van der Waals surface area contributed by atoms with Gasteiger partial charge in [-0.2, -0.15) is 5.10 Å². The molecule has 0 aliphatic rings. The van der Waals surface area contributed by atoms with E-state index in [0.717, 1.165) is 9.21 Å². The van der Waals surface area contributed by atoms with Crippen LogP contribution in [0.15, 0.2) is 29.6 Å². The molecule has 0 amide bonds. The number of rotatable bonds is 4. The molecule has 0 fully saturated rings. The molecule has 2 heterocycles. The van der Waals surface area contributed by atoms with Gasteiger partial charge in [0, 0.05) is 11.9 Å². The summed E-state index contributed by atoms with van der Waals surface area (Å²) in [6, 6.07) is 5.44. The monoisotopic (exact) mass is 297 g/mol. The van der Waals surface area contributed by atoms with Crippen LogP contribution in [0.3, 0.4) is 0 Å². The molecule has 6 nitrogen and oxygen atoms in total. The van der Waals surface area contributed by atoms with Gasteiger partial charge in [-0.25, -0.2) is 0 Å². The Morgan fingerprint density at radius 3 is 2.95 bits per heavy atom. The van der Waals surface area contributed by atoms with Gasteiger partial charge in [0.25, 0.3) is 0 Å². The maximum Gasteiger partial charge on any atom is 0.173 e. The van der Waals surface area contributed by atoms with E-state index in [0.29, 0.717) is 17.9 Å². The molecule has 2 aromatic rings. The number of hydrogen-bond donors (Lipinski definition) is 2. The van der Waals surface area contributed by atoms with Crippen LogP contribution in [0.4, 0.5) is 5.82 Å². The Labute approximate surface area is 119 Å². The Bertz CT molecular complexity index is 600. The third-order valence-corrected chi connectivity index (χ3v) is 3.68. The highest BCUT2D eigenvalue weighted by molar-refractivity contribution is 7.16. The lowest BCUT2D eigenvalue weighted by Crippen LogP contribution is -2.23. The Hall–Kier alpha value is -1.86. The summed E-state index contributed by atoms with van der Waals surface area (Å²) >= 11 is 7.39. The maximum absolute atomic E-state index is 8.77. The number of hydrogen-bond acceptors (Lipinski definition) is 6. The molecule has 19 heavy (non-hydrogen) atoms. The molecular formula is C11H12ClN5OS. The van der Waals surface area contributed by atoms with Crippen LogP contribution in [0.25, 0.3) is 0 Å². The van der Waals surface area contributed by atoms with Gasteiger partial charge in [-0.05, 0) is 18.2 Å². The van der Waals surface area contributed by atoms with Gasteiger partial charge in [-0.15, -0.1) is 16.4 Å². The quantitative estimate of drug-likeness (QED) is 0.390. The van der Waals surface area contributed by atoms with Crippen LogP contribution >= 0.6 is 22.9 Å². The van der Waals surface area contributed by atoms with Crippen molar-refractivity contribution in [3.63, 3.8) is 0 Å². The van der Waals surface area contributed by atoms with Crippen LogP contribution in [0, 0.1) is 0 Å². The topological polar surface area (TPSA) is 87.6 Å². The molecule has 0 aromatic carbocycles. The summed E-state index contributed by atoms with van der Waals surface area (Å²) in [6.07, 6.45) is 1.49. The SMILES string of the molecule is CN(Cc1ccc(Cl)s1)c1nnccc1/C(N)=N/O. The third-order valence-electron chi connectivity index (χ3n) is 2.47. The van der Waals surface area contributed by atoms with Gasteiger partial charge >= 0.3 is 0 Å². The van der Waals surface area contributed by atoms with Crippen LogP contribution in [0.1, 0.15) is 10.4 Å². The van der Waals surface area contributed by atoms with Crippen molar-refractivity contribution in [1.82, 2.24) is 10.2 Å². The van der Waals surface area contributed by atoms with Crippen LogP contribution in [0.5, 0.6) is 0 Å². The lowest BCUT2D eigenvalue weighted by molar-refractivity contribution is 0.318. The fourth-order valence-corrected chi connectivity index (χ4v) is 2.75. The molecule has 0 radical (unpaired) electrons. The van der Waals surface area contributed by atoms with Gasteiger partial charge in [-0.3, -0.25) is 0 Å². The van der Waals surface area contributed by atoms with Crippen molar-refractivity contribution >= 4 is 34.6 Å². The van der Waals surface area contributed by atoms with Crippen molar-refractivity contribution in [3.8, 4) is 0 Å². The van der Waals surface area contributed by atoms with E-state index < -0.39 is 0 Å². The third kappa shape index (κ3) is 3.12. The molecule has 0 unspecified atom stereocenters. The normalized spacial score (nSPS) is 11.6. The van der Waals surface area contributed by atoms with Crippen molar-refractivity contribution in [1.29, 1.82) is 0 Å². The summed E-state index contributed by atoms with van der Waals surface area (Å²) < 4.78 is 0.735. The highest BCUT2D eigenvalue weighted by atomic mass is 35.5. The van der Waals surface area contributed by atoms with Crippen molar-refractivity contribution in [2.24, 2.45) is 10.9 Å². The summed E-state index contributed by atoms with van der Waals surface area (Å²) in [7, 11) is 1.85. The van der Waals surface area contributed by atoms with E-state index in [1.54, 1.807) is 6.07 Å². The average Bonchev–Trinajstić information content (AvgIpc) is 2.83. The number of nitrogens with two attached hydrogens (primary N) is 1. The molecular weight excluding hydrogens is 286 g/mol. The Morgan fingerprint density at radius 1 is 1.53 bits per heavy atom. The second-order valence-electron chi connectivity index (χ2n) is 3.82. The fraction of sp³-hybridized carbons (Fsp3) is 0.182. The molecule has 0 aliphatic heterocycles. The van der Waals surface area contributed by atoms with E-state index in [1.165, 1.54) is 17.5 Å². The van der Waals surface area contributed by atoms with Gasteiger partial charge < -0.3 is 15.8 Å². The zero-order chi connectivity index (χ0) is 13.8. The lowest BCUT2D eigenvalue weighted by atomic mass is 10.2. The minimum Gasteiger partial charge on any atom is -0.409 e. The zero-order valence-electron chi connectivity index (χ0n) is 10.1. The van der Waals surface area contributed by atoms with E-state index in [9.17, 15) is 0 Å². The minimum absolute atomic E-state index is 0.000891. The smallest absolute Gasteiger partial charge is 0.173 e. The summed E-state index contributed by atoms with van der Waals surface area (Å²) in [5, 5.41) is 19.6. The first-order valence-electron chi connectivity index (χ1n) is 5.36. The Kier molecular flexibility index (Phi) is 4.18. The predicted octanol–water partition coefficient (Wildman–Crippen LogP) is 1.92. The standard InChI is InChI=1S/C11H12ClN5OS/c1-17(6-7-2-3-9(12)19-7)11-8(10(13)16-18)4-5-14-15-11/h2-5,18H,6H2,1H3,(H2,13,16). The highest BCUT2D eigenvalue weighted by Gasteiger charge is 2.14. The van der Waals surface area contributed by atoms with Crippen LogP contribution in [-0.2, 0) is 6.54 Å². The molecule has 3 N–H and O–H groups in total. The van der Waals surface area contributed by atoms with Gasteiger partial charge in [0.2, 0.25) is 0 Å². The first-order chi connectivity index (χ1) is 9.11. The summed E-state index contributed by atoms with van der Waals surface area (Å²) in [5.41, 5.74) is 6.15. The molecule has 0 saturated heterocycles. The first kappa shape index (κ1) is 13.6. The van der Waals surface area contributed by atoms with Crippen LogP contribution in [-0.4, -0.2) is 28.3 Å². The predicted molar refractivity (Wildman–Crippen MR) is 76.0 cm³/mol.